The topological polar surface area (TPSA) is 72.5 Å². The average Bonchev–Trinajstić information content (AvgIpc) is 3.01. The van der Waals surface area contributed by atoms with Crippen LogP contribution in [0.1, 0.15) is 35.0 Å². The van der Waals surface area contributed by atoms with Crippen molar-refractivity contribution in [1.29, 1.82) is 0 Å². The van der Waals surface area contributed by atoms with E-state index in [-0.39, 0.29) is 9.77 Å². The molecule has 0 radical (unpaired) electrons. The third-order valence-corrected chi connectivity index (χ3v) is 6.76. The fourth-order valence-electron chi connectivity index (χ4n) is 2.66. The van der Waals surface area contributed by atoms with E-state index in [9.17, 15) is 13.2 Å². The van der Waals surface area contributed by atoms with Crippen molar-refractivity contribution in [1.82, 2.24) is 0 Å². The van der Waals surface area contributed by atoms with E-state index >= 15 is 0 Å². The van der Waals surface area contributed by atoms with Crippen molar-refractivity contribution in [3.05, 3.63) is 59.0 Å². The predicted octanol–water partition coefficient (Wildman–Crippen LogP) is 4.61. The summed E-state index contributed by atoms with van der Waals surface area (Å²) < 4.78 is 34.1. The number of sulfonamides is 1. The van der Waals surface area contributed by atoms with Gasteiger partial charge in [-0.15, -0.1) is 11.3 Å². The average molecular weight is 389 g/mol. The van der Waals surface area contributed by atoms with Gasteiger partial charge in [0, 0.05) is 15.8 Å². The predicted molar refractivity (Wildman–Crippen MR) is 105 cm³/mol. The number of carbonyl (C=O) groups excluding carboxylic acids is 1. The van der Waals surface area contributed by atoms with Crippen LogP contribution in [0.15, 0.2) is 53.4 Å². The first-order chi connectivity index (χ1) is 12.3. The molecule has 136 valence electrons. The highest BCUT2D eigenvalue weighted by Gasteiger charge is 2.29. The Balaban J connectivity index is 2.07. The third kappa shape index (κ3) is 3.45. The van der Waals surface area contributed by atoms with Crippen molar-refractivity contribution in [3.8, 4) is 0 Å². The summed E-state index contributed by atoms with van der Waals surface area (Å²) in [5.74, 6) is -0.311. The lowest BCUT2D eigenvalue weighted by Gasteiger charge is -2.11. The Hall–Kier alpha value is -2.38. The Bertz CT molecular complexity index is 1050. The standard InChI is InChI=1S/C19H19NO4S2/c1-12(2)13-8-10-14(11-9-13)20-26(22,23)18-15-6-4-5-7-16(15)25-17(18)19(21)24-3/h4-12,20H,1-3H3. The van der Waals surface area contributed by atoms with Gasteiger partial charge in [0.25, 0.3) is 10.0 Å². The summed E-state index contributed by atoms with van der Waals surface area (Å²) in [4.78, 5) is 12.1. The molecule has 0 aliphatic heterocycles. The zero-order valence-corrected chi connectivity index (χ0v) is 16.3. The molecule has 1 N–H and O–H groups in total. The molecule has 0 unspecified atom stereocenters. The van der Waals surface area contributed by atoms with Crippen molar-refractivity contribution in [3.63, 3.8) is 0 Å². The number of ether oxygens (including phenoxy) is 1. The van der Waals surface area contributed by atoms with Crippen LogP contribution in [0.2, 0.25) is 0 Å². The molecule has 1 heterocycles. The molecule has 7 heteroatoms. The fraction of sp³-hybridized carbons (Fsp3) is 0.211. The number of hydrogen-bond acceptors (Lipinski definition) is 5. The Morgan fingerprint density at radius 3 is 2.35 bits per heavy atom. The number of thiophene rings is 1. The number of anilines is 1. The van der Waals surface area contributed by atoms with Crippen LogP contribution in [0.25, 0.3) is 10.1 Å². The van der Waals surface area contributed by atoms with Crippen LogP contribution in [0.4, 0.5) is 5.69 Å². The molecule has 5 nitrogen and oxygen atoms in total. The molecule has 26 heavy (non-hydrogen) atoms. The molecule has 0 saturated carbocycles. The monoisotopic (exact) mass is 389 g/mol. The van der Waals surface area contributed by atoms with E-state index in [1.807, 2.05) is 12.1 Å². The number of esters is 1. The molecule has 1 aromatic heterocycles. The molecule has 0 fully saturated rings. The summed E-state index contributed by atoms with van der Waals surface area (Å²) in [5, 5.41) is 0.504. The molecule has 3 rings (SSSR count). The Morgan fingerprint density at radius 2 is 1.73 bits per heavy atom. The molecule has 0 spiro atoms. The third-order valence-electron chi connectivity index (χ3n) is 4.02. The molecular formula is C19H19NO4S2. The van der Waals surface area contributed by atoms with Gasteiger partial charge in [-0.3, -0.25) is 4.72 Å². The zero-order valence-electron chi connectivity index (χ0n) is 14.6. The van der Waals surface area contributed by atoms with Crippen LogP contribution in [0, 0.1) is 0 Å². The van der Waals surface area contributed by atoms with Crippen LogP contribution in [-0.2, 0) is 14.8 Å². The molecular weight excluding hydrogens is 370 g/mol. The molecule has 0 bridgehead atoms. The number of benzene rings is 2. The van der Waals surface area contributed by atoms with Crippen molar-refractivity contribution >= 4 is 43.1 Å². The highest BCUT2D eigenvalue weighted by Crippen LogP contribution is 2.36. The second kappa shape index (κ2) is 7.09. The van der Waals surface area contributed by atoms with Gasteiger partial charge in [-0.1, -0.05) is 44.2 Å². The van der Waals surface area contributed by atoms with Crippen LogP contribution in [0.5, 0.6) is 0 Å². The van der Waals surface area contributed by atoms with E-state index in [1.54, 1.807) is 36.4 Å². The van der Waals surface area contributed by atoms with E-state index in [4.69, 9.17) is 4.74 Å². The van der Waals surface area contributed by atoms with E-state index in [1.165, 1.54) is 7.11 Å². The Labute approximate surface area is 156 Å². The molecule has 3 aromatic rings. The first-order valence-electron chi connectivity index (χ1n) is 8.06. The maximum Gasteiger partial charge on any atom is 0.349 e. The maximum absolute atomic E-state index is 13.0. The first kappa shape index (κ1) is 18.4. The van der Waals surface area contributed by atoms with Gasteiger partial charge in [0.2, 0.25) is 0 Å². The molecule has 0 saturated heterocycles. The zero-order chi connectivity index (χ0) is 18.9. The van der Waals surface area contributed by atoms with Crippen molar-refractivity contribution in [2.45, 2.75) is 24.7 Å². The van der Waals surface area contributed by atoms with E-state index in [2.05, 4.69) is 18.6 Å². The van der Waals surface area contributed by atoms with Gasteiger partial charge in [0.15, 0.2) is 0 Å². The lowest BCUT2D eigenvalue weighted by Crippen LogP contribution is -2.16. The molecule has 0 atom stereocenters. The first-order valence-corrected chi connectivity index (χ1v) is 10.4. The fourth-order valence-corrected chi connectivity index (χ4v) is 5.54. The van der Waals surface area contributed by atoms with Gasteiger partial charge < -0.3 is 4.74 Å². The van der Waals surface area contributed by atoms with Gasteiger partial charge in [-0.2, -0.15) is 0 Å². The number of fused-ring (bicyclic) bond motifs is 1. The van der Waals surface area contributed by atoms with Gasteiger partial charge in [0.1, 0.15) is 9.77 Å². The van der Waals surface area contributed by atoms with Crippen molar-refractivity contribution in [2.24, 2.45) is 0 Å². The van der Waals surface area contributed by atoms with Gasteiger partial charge in [0.05, 0.1) is 7.11 Å². The second-order valence-electron chi connectivity index (χ2n) is 6.13. The van der Waals surface area contributed by atoms with Crippen LogP contribution in [-0.4, -0.2) is 21.5 Å². The summed E-state index contributed by atoms with van der Waals surface area (Å²) in [5.41, 5.74) is 1.56. The van der Waals surface area contributed by atoms with Crippen molar-refractivity contribution in [2.75, 3.05) is 11.8 Å². The minimum Gasteiger partial charge on any atom is -0.465 e. The number of nitrogens with one attached hydrogen (secondary N) is 1. The molecule has 0 amide bonds. The van der Waals surface area contributed by atoms with Gasteiger partial charge >= 0.3 is 5.97 Å². The van der Waals surface area contributed by atoms with Crippen LogP contribution < -0.4 is 4.72 Å². The second-order valence-corrected chi connectivity index (χ2v) is 8.80. The lowest BCUT2D eigenvalue weighted by atomic mass is 10.0. The van der Waals surface area contributed by atoms with E-state index < -0.39 is 16.0 Å². The lowest BCUT2D eigenvalue weighted by molar-refractivity contribution is 0.0602. The highest BCUT2D eigenvalue weighted by molar-refractivity contribution is 7.93. The molecule has 0 aliphatic carbocycles. The number of hydrogen-bond donors (Lipinski definition) is 1. The molecule has 2 aromatic carbocycles. The number of carbonyl (C=O) groups is 1. The summed E-state index contributed by atoms with van der Waals surface area (Å²) in [6, 6.07) is 14.2. The normalized spacial score (nSPS) is 11.7. The van der Waals surface area contributed by atoms with Gasteiger partial charge in [-0.25, -0.2) is 13.2 Å². The Morgan fingerprint density at radius 1 is 1.08 bits per heavy atom. The summed E-state index contributed by atoms with van der Waals surface area (Å²) in [6.45, 7) is 4.14. The SMILES string of the molecule is COC(=O)c1sc2ccccc2c1S(=O)(=O)Nc1ccc(C(C)C)cc1. The maximum atomic E-state index is 13.0. The largest absolute Gasteiger partial charge is 0.465 e. The van der Waals surface area contributed by atoms with E-state index in [0.29, 0.717) is 21.7 Å². The highest BCUT2D eigenvalue weighted by atomic mass is 32.2. The summed E-state index contributed by atoms with van der Waals surface area (Å²) in [7, 11) is -2.72. The van der Waals surface area contributed by atoms with Crippen LogP contribution in [0.3, 0.4) is 0 Å². The summed E-state index contributed by atoms with van der Waals surface area (Å²) in [6.07, 6.45) is 0. The smallest absolute Gasteiger partial charge is 0.349 e. The van der Waals surface area contributed by atoms with Crippen molar-refractivity contribution < 1.29 is 17.9 Å². The van der Waals surface area contributed by atoms with Gasteiger partial charge in [-0.05, 0) is 29.7 Å². The Kier molecular flexibility index (Phi) is 5.02. The minimum absolute atomic E-state index is 0.0436. The quantitative estimate of drug-likeness (QED) is 0.647. The molecule has 0 aliphatic rings. The minimum atomic E-state index is -3.96. The summed E-state index contributed by atoms with van der Waals surface area (Å²) >= 11 is 1.11. The number of rotatable bonds is 5. The van der Waals surface area contributed by atoms with E-state index in [0.717, 1.165) is 16.9 Å². The van der Waals surface area contributed by atoms with Crippen LogP contribution >= 0.6 is 11.3 Å². The number of methoxy groups -OCH3 is 1.